The van der Waals surface area contributed by atoms with Gasteiger partial charge in [-0.1, -0.05) is 5.21 Å². The maximum absolute atomic E-state index is 13.5. The van der Waals surface area contributed by atoms with Crippen molar-refractivity contribution < 1.29 is 13.6 Å². The van der Waals surface area contributed by atoms with E-state index < -0.39 is 17.5 Å². The molecule has 0 aliphatic carbocycles. The van der Waals surface area contributed by atoms with Crippen molar-refractivity contribution in [1.82, 2.24) is 15.0 Å². The van der Waals surface area contributed by atoms with Gasteiger partial charge in [0.15, 0.2) is 5.82 Å². The highest BCUT2D eigenvalue weighted by atomic mass is 79.9. The van der Waals surface area contributed by atoms with Crippen LogP contribution in [0.1, 0.15) is 5.69 Å². The van der Waals surface area contributed by atoms with E-state index in [1.807, 2.05) is 0 Å². The van der Waals surface area contributed by atoms with E-state index in [1.165, 1.54) is 10.9 Å². The topological polar surface area (TPSA) is 85.8 Å². The molecule has 0 saturated carbocycles. The van der Waals surface area contributed by atoms with E-state index in [2.05, 4.69) is 31.6 Å². The molecule has 1 heterocycles. The average molecular weight is 346 g/mol. The fourth-order valence-electron chi connectivity index (χ4n) is 1.50. The van der Waals surface area contributed by atoms with Gasteiger partial charge in [-0.2, -0.15) is 0 Å². The second kappa shape index (κ2) is 6.06. The van der Waals surface area contributed by atoms with Crippen LogP contribution in [0.5, 0.6) is 0 Å². The van der Waals surface area contributed by atoms with Gasteiger partial charge in [-0.05, 0) is 22.0 Å². The molecule has 0 aliphatic rings. The van der Waals surface area contributed by atoms with Gasteiger partial charge in [-0.15, -0.1) is 5.10 Å². The Morgan fingerprint density at radius 1 is 1.45 bits per heavy atom. The van der Waals surface area contributed by atoms with Crippen LogP contribution in [0.15, 0.2) is 22.8 Å². The number of aromatic nitrogens is 3. The van der Waals surface area contributed by atoms with E-state index >= 15 is 0 Å². The first kappa shape index (κ1) is 14.5. The molecule has 20 heavy (non-hydrogen) atoms. The zero-order valence-electron chi connectivity index (χ0n) is 10.1. The van der Waals surface area contributed by atoms with Gasteiger partial charge in [0, 0.05) is 17.1 Å². The Labute approximate surface area is 121 Å². The number of carbonyl (C=O) groups is 1. The molecule has 0 aliphatic heterocycles. The van der Waals surface area contributed by atoms with E-state index in [0.717, 1.165) is 6.07 Å². The molecule has 6 nitrogen and oxygen atoms in total. The molecule has 0 spiro atoms. The standard InChI is InChI=1S/C11H10BrF2N5O/c12-8-1-6(13)2-9(14)11(8)16-10(20)5-19-4-7(3-15)17-18-19/h1-2,4H,3,5,15H2,(H,16,20). The van der Waals surface area contributed by atoms with Gasteiger partial charge in [-0.3, -0.25) is 4.79 Å². The van der Waals surface area contributed by atoms with E-state index in [9.17, 15) is 13.6 Å². The summed E-state index contributed by atoms with van der Waals surface area (Å²) in [6.07, 6.45) is 1.51. The summed E-state index contributed by atoms with van der Waals surface area (Å²) in [5.41, 5.74) is 5.77. The summed E-state index contributed by atoms with van der Waals surface area (Å²) in [6.45, 7) is 0.0516. The molecule has 2 rings (SSSR count). The summed E-state index contributed by atoms with van der Waals surface area (Å²) in [4.78, 5) is 11.8. The quantitative estimate of drug-likeness (QED) is 0.877. The Morgan fingerprint density at radius 3 is 2.80 bits per heavy atom. The fourth-order valence-corrected chi connectivity index (χ4v) is 2.00. The normalized spacial score (nSPS) is 10.6. The van der Waals surface area contributed by atoms with Crippen LogP contribution in [0, 0.1) is 11.6 Å². The van der Waals surface area contributed by atoms with Gasteiger partial charge >= 0.3 is 0 Å². The van der Waals surface area contributed by atoms with Crippen LogP contribution in [0.3, 0.4) is 0 Å². The van der Waals surface area contributed by atoms with Crippen molar-refractivity contribution in [2.45, 2.75) is 13.1 Å². The number of anilines is 1. The molecule has 0 radical (unpaired) electrons. The lowest BCUT2D eigenvalue weighted by molar-refractivity contribution is -0.117. The molecule has 0 unspecified atom stereocenters. The second-order valence-corrected chi connectivity index (χ2v) is 4.76. The first-order chi connectivity index (χ1) is 9.49. The SMILES string of the molecule is NCc1cn(CC(=O)Nc2c(F)cc(F)cc2Br)nn1. The highest BCUT2D eigenvalue weighted by molar-refractivity contribution is 9.10. The second-order valence-electron chi connectivity index (χ2n) is 3.90. The van der Waals surface area contributed by atoms with E-state index in [1.54, 1.807) is 0 Å². The molecule has 0 atom stereocenters. The number of rotatable bonds is 4. The van der Waals surface area contributed by atoms with Crippen LogP contribution in [-0.4, -0.2) is 20.9 Å². The number of nitrogens with two attached hydrogens (primary N) is 1. The zero-order valence-corrected chi connectivity index (χ0v) is 11.7. The molecular formula is C11H10BrF2N5O. The fraction of sp³-hybridized carbons (Fsp3) is 0.182. The van der Waals surface area contributed by atoms with Crippen molar-refractivity contribution in [3.8, 4) is 0 Å². The number of hydrogen-bond donors (Lipinski definition) is 2. The Morgan fingerprint density at radius 2 is 2.20 bits per heavy atom. The van der Waals surface area contributed by atoms with Crippen LogP contribution < -0.4 is 11.1 Å². The smallest absolute Gasteiger partial charge is 0.246 e. The Hall–Kier alpha value is -1.87. The van der Waals surface area contributed by atoms with Gasteiger partial charge in [0.2, 0.25) is 5.91 Å². The molecule has 1 aromatic carbocycles. The van der Waals surface area contributed by atoms with Crippen LogP contribution in [-0.2, 0) is 17.9 Å². The third kappa shape index (κ3) is 3.36. The molecule has 106 valence electrons. The van der Waals surface area contributed by atoms with Crippen molar-refractivity contribution >= 4 is 27.5 Å². The molecule has 0 saturated heterocycles. The minimum absolute atomic E-state index is 0.115. The number of amides is 1. The zero-order chi connectivity index (χ0) is 14.7. The maximum atomic E-state index is 13.5. The van der Waals surface area contributed by atoms with Crippen molar-refractivity contribution in [1.29, 1.82) is 0 Å². The molecule has 1 amide bonds. The van der Waals surface area contributed by atoms with E-state index in [0.29, 0.717) is 11.8 Å². The molecular weight excluding hydrogens is 336 g/mol. The lowest BCUT2D eigenvalue weighted by Crippen LogP contribution is -2.20. The minimum Gasteiger partial charge on any atom is -0.325 e. The number of carbonyl (C=O) groups excluding carboxylic acids is 1. The highest BCUT2D eigenvalue weighted by Gasteiger charge is 2.13. The first-order valence-corrected chi connectivity index (χ1v) is 6.32. The van der Waals surface area contributed by atoms with E-state index in [-0.39, 0.29) is 23.2 Å². The summed E-state index contributed by atoms with van der Waals surface area (Å²) >= 11 is 2.98. The Kier molecular flexibility index (Phi) is 4.40. The highest BCUT2D eigenvalue weighted by Crippen LogP contribution is 2.26. The number of halogens is 3. The summed E-state index contributed by atoms with van der Waals surface area (Å²) < 4.78 is 27.8. The lowest BCUT2D eigenvalue weighted by atomic mass is 10.3. The molecule has 0 bridgehead atoms. The summed E-state index contributed by atoms with van der Waals surface area (Å²) in [6, 6.07) is 1.74. The van der Waals surface area contributed by atoms with Gasteiger partial charge in [0.1, 0.15) is 12.4 Å². The van der Waals surface area contributed by atoms with Crippen LogP contribution in [0.4, 0.5) is 14.5 Å². The maximum Gasteiger partial charge on any atom is 0.246 e. The van der Waals surface area contributed by atoms with Crippen molar-refractivity contribution in [2.75, 3.05) is 5.32 Å². The number of benzene rings is 1. The Bertz CT molecular complexity index is 622. The average Bonchev–Trinajstić information content (AvgIpc) is 2.81. The van der Waals surface area contributed by atoms with Gasteiger partial charge in [0.05, 0.1) is 17.6 Å². The molecule has 9 heteroatoms. The van der Waals surface area contributed by atoms with Crippen LogP contribution >= 0.6 is 15.9 Å². The monoisotopic (exact) mass is 345 g/mol. The lowest BCUT2D eigenvalue weighted by Gasteiger charge is -2.08. The van der Waals surface area contributed by atoms with Gasteiger partial charge in [0.25, 0.3) is 0 Å². The molecule has 0 fully saturated rings. The third-order valence-electron chi connectivity index (χ3n) is 2.37. The van der Waals surface area contributed by atoms with Crippen LogP contribution in [0.2, 0.25) is 0 Å². The summed E-state index contributed by atoms with van der Waals surface area (Å²) in [7, 11) is 0. The Balaban J connectivity index is 2.08. The molecule has 2 aromatic rings. The number of hydrogen-bond acceptors (Lipinski definition) is 4. The summed E-state index contributed by atoms with van der Waals surface area (Å²) in [5.74, 6) is -2.13. The predicted molar refractivity (Wildman–Crippen MR) is 70.6 cm³/mol. The third-order valence-corrected chi connectivity index (χ3v) is 3.00. The summed E-state index contributed by atoms with van der Waals surface area (Å²) in [5, 5.41) is 9.74. The van der Waals surface area contributed by atoms with Crippen LogP contribution in [0.25, 0.3) is 0 Å². The number of nitrogens with zero attached hydrogens (tertiary/aromatic N) is 3. The number of nitrogens with one attached hydrogen (secondary N) is 1. The van der Waals surface area contributed by atoms with Crippen molar-refractivity contribution in [2.24, 2.45) is 5.73 Å². The van der Waals surface area contributed by atoms with Gasteiger partial charge in [-0.25, -0.2) is 13.5 Å². The largest absolute Gasteiger partial charge is 0.325 e. The molecule has 1 aromatic heterocycles. The van der Waals surface area contributed by atoms with Crippen molar-refractivity contribution in [3.05, 3.63) is 40.1 Å². The van der Waals surface area contributed by atoms with Gasteiger partial charge < -0.3 is 11.1 Å². The van der Waals surface area contributed by atoms with Crippen molar-refractivity contribution in [3.63, 3.8) is 0 Å². The molecule has 3 N–H and O–H groups in total. The predicted octanol–water partition coefficient (Wildman–Crippen LogP) is 1.42. The first-order valence-electron chi connectivity index (χ1n) is 5.53. The van der Waals surface area contributed by atoms with E-state index in [4.69, 9.17) is 5.73 Å². The minimum atomic E-state index is -0.869.